The Bertz CT molecular complexity index is 679. The number of carbonyl (C=O) groups is 1. The Morgan fingerprint density at radius 3 is 2.61 bits per heavy atom. The number of benzene rings is 1. The van der Waals surface area contributed by atoms with Gasteiger partial charge in [0.05, 0.1) is 16.5 Å². The minimum Gasteiger partial charge on any atom is -0.465 e. The maximum absolute atomic E-state index is 11.5. The van der Waals surface area contributed by atoms with Crippen LogP contribution in [0.1, 0.15) is 32.8 Å². The SMILES string of the molecule is CC(C)(C)C1C=C(c2ccc(Br)cc2[N+](=O)[O-])CCN1C(=O)O. The molecule has 1 amide bonds. The smallest absolute Gasteiger partial charge is 0.407 e. The molecular formula is C16H19BrN2O4. The molecule has 1 unspecified atom stereocenters. The number of hydrogen-bond donors (Lipinski definition) is 1. The quantitative estimate of drug-likeness (QED) is 0.600. The van der Waals surface area contributed by atoms with Gasteiger partial charge in [-0.25, -0.2) is 4.79 Å². The lowest BCUT2D eigenvalue weighted by atomic mass is 9.81. The Hall–Kier alpha value is -1.89. The van der Waals surface area contributed by atoms with Crippen molar-refractivity contribution in [2.75, 3.05) is 6.54 Å². The van der Waals surface area contributed by atoms with Crippen molar-refractivity contribution < 1.29 is 14.8 Å². The molecule has 1 N–H and O–H groups in total. The molecule has 1 aromatic rings. The average Bonchev–Trinajstić information content (AvgIpc) is 2.45. The summed E-state index contributed by atoms with van der Waals surface area (Å²) in [7, 11) is 0. The van der Waals surface area contributed by atoms with Gasteiger partial charge in [-0.15, -0.1) is 0 Å². The van der Waals surface area contributed by atoms with Crippen molar-refractivity contribution in [3.05, 3.63) is 44.4 Å². The van der Waals surface area contributed by atoms with E-state index < -0.39 is 11.0 Å². The van der Waals surface area contributed by atoms with Crippen molar-refractivity contribution >= 4 is 33.3 Å². The first-order chi connectivity index (χ1) is 10.6. The summed E-state index contributed by atoms with van der Waals surface area (Å²) in [5.41, 5.74) is 1.11. The van der Waals surface area contributed by atoms with E-state index in [1.165, 1.54) is 11.0 Å². The van der Waals surface area contributed by atoms with E-state index in [0.717, 1.165) is 5.57 Å². The van der Waals surface area contributed by atoms with Crippen molar-refractivity contribution in [2.24, 2.45) is 5.41 Å². The minimum absolute atomic E-state index is 0.0297. The molecule has 1 aliphatic heterocycles. The van der Waals surface area contributed by atoms with E-state index in [0.29, 0.717) is 23.0 Å². The van der Waals surface area contributed by atoms with Crippen LogP contribution in [0.25, 0.3) is 5.57 Å². The second kappa shape index (κ2) is 6.31. The van der Waals surface area contributed by atoms with Gasteiger partial charge in [0.1, 0.15) is 0 Å². The fourth-order valence-corrected chi connectivity index (χ4v) is 3.18. The Kier molecular flexibility index (Phi) is 4.79. The zero-order chi connectivity index (χ0) is 17.4. The molecule has 0 saturated heterocycles. The van der Waals surface area contributed by atoms with Crippen LogP contribution in [-0.4, -0.2) is 33.6 Å². The Morgan fingerprint density at radius 2 is 2.09 bits per heavy atom. The second-order valence-electron chi connectivity index (χ2n) is 6.65. The molecule has 23 heavy (non-hydrogen) atoms. The van der Waals surface area contributed by atoms with Gasteiger partial charge in [-0.1, -0.05) is 42.8 Å². The number of nitro groups is 1. The molecule has 0 fully saturated rings. The van der Waals surface area contributed by atoms with Gasteiger partial charge in [-0.2, -0.15) is 0 Å². The van der Waals surface area contributed by atoms with Crippen LogP contribution in [0, 0.1) is 15.5 Å². The highest BCUT2D eigenvalue weighted by molar-refractivity contribution is 9.10. The van der Waals surface area contributed by atoms with E-state index in [4.69, 9.17) is 0 Å². The maximum Gasteiger partial charge on any atom is 0.407 e. The summed E-state index contributed by atoms with van der Waals surface area (Å²) in [6.45, 7) is 6.21. The molecule has 0 bridgehead atoms. The van der Waals surface area contributed by atoms with Gasteiger partial charge in [0.25, 0.3) is 5.69 Å². The summed E-state index contributed by atoms with van der Waals surface area (Å²) in [6.07, 6.45) is 1.35. The van der Waals surface area contributed by atoms with E-state index >= 15 is 0 Å². The van der Waals surface area contributed by atoms with Gasteiger partial charge < -0.3 is 10.0 Å². The lowest BCUT2D eigenvalue weighted by Gasteiger charge is -2.40. The van der Waals surface area contributed by atoms with Gasteiger partial charge in [0.15, 0.2) is 0 Å². The molecule has 6 nitrogen and oxygen atoms in total. The number of carboxylic acid groups (broad SMARTS) is 1. The summed E-state index contributed by atoms with van der Waals surface area (Å²) in [4.78, 5) is 23.8. The standard InChI is InChI=1S/C16H19BrN2O4/c1-16(2,3)14-8-10(6-7-18(14)15(20)21)12-5-4-11(17)9-13(12)19(22)23/h4-5,8-9,14H,6-7H2,1-3H3,(H,20,21). The highest BCUT2D eigenvalue weighted by Crippen LogP contribution is 2.37. The normalized spacial score (nSPS) is 18.5. The molecule has 0 spiro atoms. The molecule has 0 saturated carbocycles. The minimum atomic E-state index is -0.967. The lowest BCUT2D eigenvalue weighted by Crippen LogP contribution is -2.48. The first kappa shape index (κ1) is 17.5. The van der Waals surface area contributed by atoms with Crippen LogP contribution in [0.5, 0.6) is 0 Å². The predicted molar refractivity (Wildman–Crippen MR) is 91.4 cm³/mol. The molecule has 0 radical (unpaired) electrons. The van der Waals surface area contributed by atoms with Crippen molar-refractivity contribution in [1.82, 2.24) is 4.90 Å². The fraction of sp³-hybridized carbons (Fsp3) is 0.438. The summed E-state index contributed by atoms with van der Waals surface area (Å²) >= 11 is 3.25. The van der Waals surface area contributed by atoms with Gasteiger partial charge in [-0.3, -0.25) is 10.1 Å². The topological polar surface area (TPSA) is 83.7 Å². The number of rotatable bonds is 2. The molecule has 0 aromatic heterocycles. The number of hydrogen-bond acceptors (Lipinski definition) is 3. The summed E-state index contributed by atoms with van der Waals surface area (Å²) in [6, 6.07) is 4.63. The maximum atomic E-state index is 11.5. The Labute approximate surface area is 143 Å². The van der Waals surface area contributed by atoms with Crippen molar-refractivity contribution in [3.8, 4) is 0 Å². The van der Waals surface area contributed by atoms with Crippen molar-refractivity contribution in [2.45, 2.75) is 33.2 Å². The van der Waals surface area contributed by atoms with Crippen LogP contribution >= 0.6 is 15.9 Å². The molecule has 2 rings (SSSR count). The molecule has 1 aliphatic rings. The summed E-state index contributed by atoms with van der Waals surface area (Å²) < 4.78 is 0.642. The Morgan fingerprint density at radius 1 is 1.43 bits per heavy atom. The highest BCUT2D eigenvalue weighted by atomic mass is 79.9. The molecule has 7 heteroatoms. The lowest BCUT2D eigenvalue weighted by molar-refractivity contribution is -0.385. The van der Waals surface area contributed by atoms with Gasteiger partial charge in [0, 0.05) is 17.1 Å². The first-order valence-electron chi connectivity index (χ1n) is 7.26. The van der Waals surface area contributed by atoms with E-state index in [2.05, 4.69) is 15.9 Å². The zero-order valence-electron chi connectivity index (χ0n) is 13.2. The first-order valence-corrected chi connectivity index (χ1v) is 8.05. The Balaban J connectivity index is 2.52. The largest absolute Gasteiger partial charge is 0.465 e. The van der Waals surface area contributed by atoms with Gasteiger partial charge in [0.2, 0.25) is 0 Å². The zero-order valence-corrected chi connectivity index (χ0v) is 14.8. The van der Waals surface area contributed by atoms with Crippen molar-refractivity contribution in [1.29, 1.82) is 0 Å². The predicted octanol–water partition coefficient (Wildman–Crippen LogP) is 4.54. The van der Waals surface area contributed by atoms with Crippen LogP contribution in [0.15, 0.2) is 28.7 Å². The molecule has 1 heterocycles. The molecule has 1 aromatic carbocycles. The van der Waals surface area contributed by atoms with E-state index in [1.54, 1.807) is 12.1 Å². The molecular weight excluding hydrogens is 364 g/mol. The van der Waals surface area contributed by atoms with Gasteiger partial charge in [-0.05, 0) is 29.5 Å². The van der Waals surface area contributed by atoms with Crippen LogP contribution in [0.3, 0.4) is 0 Å². The number of nitro benzene ring substituents is 1. The van der Waals surface area contributed by atoms with Crippen molar-refractivity contribution in [3.63, 3.8) is 0 Å². The highest BCUT2D eigenvalue weighted by Gasteiger charge is 2.35. The fourth-order valence-electron chi connectivity index (χ4n) is 2.83. The number of nitrogens with zero attached hydrogens (tertiary/aromatic N) is 2. The second-order valence-corrected chi connectivity index (χ2v) is 7.56. The summed E-state index contributed by atoms with van der Waals surface area (Å²) in [5, 5.41) is 20.7. The van der Waals surface area contributed by atoms with Crippen LogP contribution in [0.2, 0.25) is 0 Å². The third-order valence-corrected chi connectivity index (χ3v) is 4.45. The third-order valence-electron chi connectivity index (χ3n) is 3.95. The summed E-state index contributed by atoms with van der Waals surface area (Å²) in [5.74, 6) is 0. The number of amides is 1. The third kappa shape index (κ3) is 3.72. The molecule has 1 atom stereocenters. The van der Waals surface area contributed by atoms with Crippen LogP contribution in [-0.2, 0) is 0 Å². The average molecular weight is 383 g/mol. The van der Waals surface area contributed by atoms with E-state index in [9.17, 15) is 20.0 Å². The molecule has 124 valence electrons. The monoisotopic (exact) mass is 382 g/mol. The number of halogens is 1. The van der Waals surface area contributed by atoms with E-state index in [1.807, 2.05) is 26.8 Å². The van der Waals surface area contributed by atoms with E-state index in [-0.39, 0.29) is 17.1 Å². The van der Waals surface area contributed by atoms with Crippen LogP contribution in [0.4, 0.5) is 10.5 Å². The van der Waals surface area contributed by atoms with Crippen LogP contribution < -0.4 is 0 Å². The molecule has 0 aliphatic carbocycles. The van der Waals surface area contributed by atoms with Gasteiger partial charge >= 0.3 is 6.09 Å².